The van der Waals surface area contributed by atoms with E-state index < -0.39 is 12.1 Å². The van der Waals surface area contributed by atoms with E-state index in [1.54, 1.807) is 10.9 Å². The number of nitrogens with zero attached hydrogens (tertiary/aromatic N) is 5. The molecule has 0 unspecified atom stereocenters. The van der Waals surface area contributed by atoms with Crippen LogP contribution in [0.1, 0.15) is 16.9 Å². The predicted octanol–water partition coefficient (Wildman–Crippen LogP) is 4.20. The molecule has 194 valence electrons. The van der Waals surface area contributed by atoms with Gasteiger partial charge in [-0.15, -0.1) is 0 Å². The maximum atomic E-state index is 13.3. The fourth-order valence-electron chi connectivity index (χ4n) is 4.12. The number of fused-ring (bicyclic) bond motifs is 1. The van der Waals surface area contributed by atoms with E-state index in [0.717, 1.165) is 55.1 Å². The van der Waals surface area contributed by atoms with Crippen LogP contribution < -0.4 is 0 Å². The van der Waals surface area contributed by atoms with Crippen molar-refractivity contribution in [3.8, 4) is 16.9 Å². The molecule has 1 saturated heterocycles. The molecule has 0 atom stereocenters. The summed E-state index contributed by atoms with van der Waals surface area (Å²) in [5.74, 6) is -1.85. The number of aromatic nitrogens is 3. The third-order valence-corrected chi connectivity index (χ3v) is 6.07. The number of hydrogen-bond acceptors (Lipinski definition) is 4. The summed E-state index contributed by atoms with van der Waals surface area (Å²) in [7, 11) is 2.11. The molecular weight excluding hydrogens is 487 g/mol. The number of benzene rings is 1. The zero-order chi connectivity index (χ0) is 26.6. The van der Waals surface area contributed by atoms with E-state index in [1.165, 1.54) is 0 Å². The number of pyridine rings is 1. The van der Waals surface area contributed by atoms with Crippen LogP contribution in [0.2, 0.25) is 0 Å². The van der Waals surface area contributed by atoms with Crippen molar-refractivity contribution in [2.24, 2.45) is 0 Å². The van der Waals surface area contributed by atoms with E-state index in [-0.39, 0.29) is 5.91 Å². The van der Waals surface area contributed by atoms with Crippen molar-refractivity contribution in [1.29, 1.82) is 0 Å². The summed E-state index contributed by atoms with van der Waals surface area (Å²) >= 11 is 0. The highest BCUT2D eigenvalue weighted by atomic mass is 19.4. The second kappa shape index (κ2) is 10.9. The molecule has 1 N–H and O–H groups in total. The summed E-state index contributed by atoms with van der Waals surface area (Å²) in [5, 5.41) is 11.6. The first kappa shape index (κ1) is 26.0. The van der Waals surface area contributed by atoms with Crippen molar-refractivity contribution in [2.75, 3.05) is 33.2 Å². The molecule has 37 heavy (non-hydrogen) atoms. The van der Waals surface area contributed by atoms with Crippen molar-refractivity contribution in [1.82, 2.24) is 24.0 Å². The minimum atomic E-state index is -5.08. The Labute approximate surface area is 211 Å². The van der Waals surface area contributed by atoms with Gasteiger partial charge >= 0.3 is 12.1 Å². The average Bonchev–Trinajstić information content (AvgIpc) is 3.46. The minimum absolute atomic E-state index is 0.0389. The zero-order valence-electron chi connectivity index (χ0n) is 20.1. The first-order valence-electron chi connectivity index (χ1n) is 11.6. The molecular formula is C26H26F3N5O3. The summed E-state index contributed by atoms with van der Waals surface area (Å²) in [6.07, 6.45) is -0.278. The summed E-state index contributed by atoms with van der Waals surface area (Å²) < 4.78 is 35.6. The lowest BCUT2D eigenvalue weighted by Crippen LogP contribution is -2.35. The van der Waals surface area contributed by atoms with Gasteiger partial charge in [0, 0.05) is 31.3 Å². The Morgan fingerprint density at radius 3 is 2.30 bits per heavy atom. The summed E-state index contributed by atoms with van der Waals surface area (Å²) in [5.41, 5.74) is 3.94. The lowest BCUT2D eigenvalue weighted by atomic mass is 10.1. The van der Waals surface area contributed by atoms with Gasteiger partial charge in [-0.1, -0.05) is 36.4 Å². The highest BCUT2D eigenvalue weighted by Gasteiger charge is 2.38. The van der Waals surface area contributed by atoms with E-state index >= 15 is 0 Å². The first-order chi connectivity index (χ1) is 17.6. The van der Waals surface area contributed by atoms with Gasteiger partial charge in [0.15, 0.2) is 0 Å². The normalized spacial score (nSPS) is 14.6. The Kier molecular flexibility index (Phi) is 7.63. The van der Waals surface area contributed by atoms with Crippen LogP contribution in [-0.2, 0) is 4.79 Å². The molecule has 0 aliphatic carbocycles. The molecule has 5 rings (SSSR count). The molecule has 1 aromatic carbocycles. The minimum Gasteiger partial charge on any atom is -0.475 e. The number of rotatable bonds is 3. The summed E-state index contributed by atoms with van der Waals surface area (Å²) in [4.78, 5) is 26.4. The third-order valence-electron chi connectivity index (χ3n) is 6.07. The quantitative estimate of drug-likeness (QED) is 0.444. The number of carboxylic acids is 1. The molecule has 4 aromatic rings. The lowest BCUT2D eigenvalue weighted by Gasteiger charge is -2.21. The van der Waals surface area contributed by atoms with E-state index in [1.807, 2.05) is 35.2 Å². The number of hydrogen-bond donors (Lipinski definition) is 1. The Morgan fingerprint density at radius 1 is 0.892 bits per heavy atom. The Hall–Kier alpha value is -4.12. The van der Waals surface area contributed by atoms with Crippen molar-refractivity contribution in [3.05, 3.63) is 78.8 Å². The van der Waals surface area contributed by atoms with Gasteiger partial charge in [-0.3, -0.25) is 4.79 Å². The smallest absolute Gasteiger partial charge is 0.475 e. The van der Waals surface area contributed by atoms with Crippen molar-refractivity contribution in [2.45, 2.75) is 12.6 Å². The number of carboxylic acid groups (broad SMARTS) is 1. The highest BCUT2D eigenvalue weighted by Crippen LogP contribution is 2.24. The van der Waals surface area contributed by atoms with Crippen LogP contribution in [0.5, 0.6) is 0 Å². The van der Waals surface area contributed by atoms with Gasteiger partial charge in [0.1, 0.15) is 11.5 Å². The Bertz CT molecular complexity index is 1380. The molecule has 0 spiro atoms. The fraction of sp³-hybridized carbons (Fsp3) is 0.269. The van der Waals surface area contributed by atoms with Gasteiger partial charge < -0.3 is 19.3 Å². The van der Waals surface area contributed by atoms with Crippen LogP contribution in [0, 0.1) is 0 Å². The molecule has 0 radical (unpaired) electrons. The monoisotopic (exact) mass is 513 g/mol. The number of carbonyl (C=O) groups excluding carboxylic acids is 1. The topological polar surface area (TPSA) is 83.1 Å². The van der Waals surface area contributed by atoms with Gasteiger partial charge in [0.25, 0.3) is 5.91 Å². The highest BCUT2D eigenvalue weighted by molar-refractivity contribution is 5.93. The van der Waals surface area contributed by atoms with Crippen LogP contribution in [0.4, 0.5) is 13.2 Å². The van der Waals surface area contributed by atoms with Gasteiger partial charge in [-0.25, -0.2) is 9.48 Å². The lowest BCUT2D eigenvalue weighted by molar-refractivity contribution is -0.192. The second-order valence-corrected chi connectivity index (χ2v) is 8.65. The van der Waals surface area contributed by atoms with Crippen molar-refractivity contribution < 1.29 is 27.9 Å². The van der Waals surface area contributed by atoms with Crippen molar-refractivity contribution >= 4 is 17.4 Å². The van der Waals surface area contributed by atoms with Crippen molar-refractivity contribution in [3.63, 3.8) is 0 Å². The van der Waals surface area contributed by atoms with E-state index in [2.05, 4.69) is 58.0 Å². The predicted molar refractivity (Wildman–Crippen MR) is 132 cm³/mol. The average molecular weight is 514 g/mol. The summed E-state index contributed by atoms with van der Waals surface area (Å²) in [6, 6.07) is 20.4. The molecule has 0 bridgehead atoms. The largest absolute Gasteiger partial charge is 0.490 e. The van der Waals surface area contributed by atoms with Crippen LogP contribution in [0.15, 0.2) is 73.1 Å². The Balaban J connectivity index is 0.000000405. The molecule has 8 nitrogen and oxygen atoms in total. The van der Waals surface area contributed by atoms with Crippen LogP contribution in [0.25, 0.3) is 22.5 Å². The zero-order valence-corrected chi connectivity index (χ0v) is 20.1. The molecule has 0 saturated carbocycles. The van der Waals surface area contributed by atoms with Gasteiger partial charge in [-0.2, -0.15) is 18.3 Å². The number of alkyl halides is 3. The Morgan fingerprint density at radius 2 is 1.59 bits per heavy atom. The van der Waals surface area contributed by atoms with Crippen LogP contribution in [0.3, 0.4) is 0 Å². The van der Waals surface area contributed by atoms with Crippen LogP contribution >= 0.6 is 0 Å². The van der Waals surface area contributed by atoms with Gasteiger partial charge in [-0.05, 0) is 55.4 Å². The first-order valence-corrected chi connectivity index (χ1v) is 11.6. The maximum Gasteiger partial charge on any atom is 0.490 e. The third kappa shape index (κ3) is 6.00. The molecule has 1 amide bonds. The molecule has 1 aliphatic rings. The molecule has 1 aliphatic heterocycles. The number of halogens is 3. The number of aliphatic carboxylic acids is 1. The SMILES string of the molecule is CN1CCCN(C(=O)c2ccnn2-c2ccc3ccc(-c4ccccc4)cn23)CC1.O=C(O)C(F)(F)F. The van der Waals surface area contributed by atoms with Gasteiger partial charge in [0.05, 0.1) is 6.20 Å². The standard InChI is InChI=1S/C24H25N5O.C2HF3O2/c1-26-14-5-15-27(17-16-26)24(30)22-12-13-25-29(22)23-11-10-21-9-8-20(18-28(21)23)19-6-3-2-4-7-19;3-2(4,5)1(6)7/h2-4,6-13,18H,5,14-17H2,1H3;(H,6,7). The van der Waals surface area contributed by atoms with Crippen LogP contribution in [-0.4, -0.2) is 80.4 Å². The molecule has 4 heterocycles. The summed E-state index contributed by atoms with van der Waals surface area (Å²) in [6.45, 7) is 3.44. The maximum absolute atomic E-state index is 13.3. The molecule has 3 aromatic heterocycles. The number of carbonyl (C=O) groups is 2. The second-order valence-electron chi connectivity index (χ2n) is 8.65. The number of amides is 1. The van der Waals surface area contributed by atoms with E-state index in [4.69, 9.17) is 9.90 Å². The molecule has 1 fully saturated rings. The van der Waals surface area contributed by atoms with Gasteiger partial charge in [0.2, 0.25) is 0 Å². The van der Waals surface area contributed by atoms with E-state index in [9.17, 15) is 18.0 Å². The van der Waals surface area contributed by atoms with E-state index in [0.29, 0.717) is 5.69 Å². The molecule has 11 heteroatoms. The fourth-order valence-corrected chi connectivity index (χ4v) is 4.12. The number of likely N-dealkylation sites (N-methyl/N-ethyl adjacent to an activating group) is 1.